The molecule has 1 aliphatic rings. The Morgan fingerprint density at radius 3 is 2.04 bits per heavy atom. The lowest BCUT2D eigenvalue weighted by Gasteiger charge is -2.38. The second kappa shape index (κ2) is 8.27. The summed E-state index contributed by atoms with van der Waals surface area (Å²) in [5, 5.41) is 1.85. The monoisotopic (exact) mass is 391 g/mol. The Bertz CT molecular complexity index is 921. The predicted octanol–water partition coefficient (Wildman–Crippen LogP) is 4.34. The maximum atomic E-state index is 13.3. The van der Waals surface area contributed by atoms with Crippen LogP contribution in [0.3, 0.4) is 0 Å². The van der Waals surface area contributed by atoms with E-state index >= 15 is 0 Å². The first-order valence-corrected chi connectivity index (χ1v) is 10.1. The molecule has 0 radical (unpaired) electrons. The standard InChI is InChI=1S/C22H21N3O2S/c26-21(20-12-7-17-28-20)25(19-10-5-2-6-11-19)22(27)24-15-13-23(14-16-24)18-8-3-1-4-9-18/h1-12,17H,13-16H2. The summed E-state index contributed by atoms with van der Waals surface area (Å²) in [6.07, 6.45) is 0. The number of piperazine rings is 1. The van der Waals surface area contributed by atoms with Crippen molar-refractivity contribution in [2.45, 2.75) is 0 Å². The molecule has 1 aromatic heterocycles. The molecule has 0 N–H and O–H groups in total. The summed E-state index contributed by atoms with van der Waals surface area (Å²) in [5.41, 5.74) is 1.75. The van der Waals surface area contributed by atoms with E-state index in [0.717, 1.165) is 18.8 Å². The number of para-hydroxylation sites is 2. The van der Waals surface area contributed by atoms with Crippen molar-refractivity contribution in [2.75, 3.05) is 36.0 Å². The number of anilines is 2. The van der Waals surface area contributed by atoms with Crippen LogP contribution in [0.15, 0.2) is 78.2 Å². The summed E-state index contributed by atoms with van der Waals surface area (Å²) in [6.45, 7) is 2.64. The van der Waals surface area contributed by atoms with Gasteiger partial charge in [-0.25, -0.2) is 9.69 Å². The van der Waals surface area contributed by atoms with Crippen molar-refractivity contribution in [2.24, 2.45) is 0 Å². The van der Waals surface area contributed by atoms with Crippen LogP contribution in [0.5, 0.6) is 0 Å². The number of benzene rings is 2. The van der Waals surface area contributed by atoms with Crippen LogP contribution in [-0.2, 0) is 0 Å². The van der Waals surface area contributed by atoms with Crippen LogP contribution in [0.1, 0.15) is 9.67 Å². The summed E-state index contributed by atoms with van der Waals surface area (Å²) in [5.74, 6) is -0.281. The highest BCUT2D eigenvalue weighted by Gasteiger charge is 2.31. The van der Waals surface area contributed by atoms with Gasteiger partial charge in [0.2, 0.25) is 0 Å². The molecule has 0 saturated carbocycles. The van der Waals surface area contributed by atoms with Gasteiger partial charge in [0.15, 0.2) is 0 Å². The molecular weight excluding hydrogens is 370 g/mol. The van der Waals surface area contributed by atoms with Crippen LogP contribution < -0.4 is 9.80 Å². The molecule has 142 valence electrons. The fourth-order valence-electron chi connectivity index (χ4n) is 3.34. The Balaban J connectivity index is 1.53. The third kappa shape index (κ3) is 3.77. The van der Waals surface area contributed by atoms with Crippen LogP contribution in [0.4, 0.5) is 16.2 Å². The first-order valence-electron chi connectivity index (χ1n) is 9.26. The highest BCUT2D eigenvalue weighted by Crippen LogP contribution is 2.23. The van der Waals surface area contributed by atoms with Gasteiger partial charge in [0.25, 0.3) is 5.91 Å². The lowest BCUT2D eigenvalue weighted by atomic mass is 10.2. The Labute approximate surface area is 168 Å². The fourth-order valence-corrected chi connectivity index (χ4v) is 3.99. The third-order valence-electron chi connectivity index (χ3n) is 4.81. The minimum Gasteiger partial charge on any atom is -0.368 e. The number of thiophene rings is 1. The topological polar surface area (TPSA) is 43.9 Å². The Morgan fingerprint density at radius 1 is 0.786 bits per heavy atom. The van der Waals surface area contributed by atoms with Crippen LogP contribution in [0.25, 0.3) is 0 Å². The van der Waals surface area contributed by atoms with Gasteiger partial charge >= 0.3 is 6.03 Å². The van der Waals surface area contributed by atoms with Crippen molar-refractivity contribution in [1.29, 1.82) is 0 Å². The minimum atomic E-state index is -0.281. The van der Waals surface area contributed by atoms with E-state index in [1.165, 1.54) is 16.2 Å². The van der Waals surface area contributed by atoms with Crippen LogP contribution in [0.2, 0.25) is 0 Å². The average Bonchev–Trinajstić information content (AvgIpc) is 3.30. The van der Waals surface area contributed by atoms with Crippen LogP contribution in [-0.4, -0.2) is 43.0 Å². The average molecular weight is 391 g/mol. The van der Waals surface area contributed by atoms with Crippen molar-refractivity contribution in [3.05, 3.63) is 83.1 Å². The number of carbonyl (C=O) groups excluding carboxylic acids is 2. The molecule has 0 atom stereocenters. The highest BCUT2D eigenvalue weighted by molar-refractivity contribution is 7.12. The van der Waals surface area contributed by atoms with Crippen LogP contribution >= 0.6 is 11.3 Å². The van der Waals surface area contributed by atoms with Crippen molar-refractivity contribution in [1.82, 2.24) is 4.90 Å². The quantitative estimate of drug-likeness (QED) is 0.667. The molecule has 0 spiro atoms. The molecule has 4 rings (SSSR count). The number of imide groups is 1. The third-order valence-corrected chi connectivity index (χ3v) is 5.67. The van der Waals surface area contributed by atoms with E-state index < -0.39 is 0 Å². The summed E-state index contributed by atoms with van der Waals surface area (Å²) >= 11 is 1.35. The minimum absolute atomic E-state index is 0.266. The molecule has 2 aromatic carbocycles. The van der Waals surface area contributed by atoms with Gasteiger partial charge in [-0.15, -0.1) is 11.3 Å². The van der Waals surface area contributed by atoms with Crippen LogP contribution in [0, 0.1) is 0 Å². The highest BCUT2D eigenvalue weighted by atomic mass is 32.1. The van der Waals surface area contributed by atoms with E-state index in [1.807, 2.05) is 47.8 Å². The van der Waals surface area contributed by atoms with Gasteiger partial charge in [-0.05, 0) is 35.7 Å². The predicted molar refractivity (Wildman–Crippen MR) is 113 cm³/mol. The Morgan fingerprint density at radius 2 is 1.43 bits per heavy atom. The first-order chi connectivity index (χ1) is 13.7. The lowest BCUT2D eigenvalue weighted by molar-refractivity contribution is 0.0989. The number of carbonyl (C=O) groups is 2. The fraction of sp³-hybridized carbons (Fsp3) is 0.182. The molecule has 0 aliphatic carbocycles. The SMILES string of the molecule is O=C(c1cccs1)N(C(=O)N1CCN(c2ccccc2)CC1)c1ccccc1. The maximum absolute atomic E-state index is 13.3. The van der Waals surface area contributed by atoms with Gasteiger partial charge in [-0.2, -0.15) is 0 Å². The maximum Gasteiger partial charge on any atom is 0.331 e. The van der Waals surface area contributed by atoms with Gasteiger partial charge in [0, 0.05) is 31.9 Å². The molecule has 6 heteroatoms. The van der Waals surface area contributed by atoms with Gasteiger partial charge in [-0.3, -0.25) is 4.79 Å². The number of hydrogen-bond donors (Lipinski definition) is 0. The number of rotatable bonds is 3. The molecule has 28 heavy (non-hydrogen) atoms. The molecule has 1 fully saturated rings. The van der Waals surface area contributed by atoms with Gasteiger partial charge < -0.3 is 9.80 Å². The number of urea groups is 1. The summed E-state index contributed by atoms with van der Waals surface area (Å²) in [4.78, 5) is 32.2. The van der Waals surface area contributed by atoms with Crippen molar-refractivity contribution >= 4 is 34.6 Å². The molecule has 1 aliphatic heterocycles. The summed E-state index contributed by atoms with van der Waals surface area (Å²) in [7, 11) is 0. The zero-order chi connectivity index (χ0) is 19.3. The van der Waals surface area contributed by atoms with E-state index in [9.17, 15) is 9.59 Å². The van der Waals surface area contributed by atoms with Crippen molar-refractivity contribution in [3.63, 3.8) is 0 Å². The smallest absolute Gasteiger partial charge is 0.331 e. The zero-order valence-corrected chi connectivity index (χ0v) is 16.2. The zero-order valence-electron chi connectivity index (χ0n) is 15.4. The van der Waals surface area contributed by atoms with E-state index in [-0.39, 0.29) is 11.9 Å². The van der Waals surface area contributed by atoms with Gasteiger partial charge in [0.1, 0.15) is 0 Å². The second-order valence-corrected chi connectivity index (χ2v) is 7.49. The Kier molecular flexibility index (Phi) is 5.39. The molecule has 0 bridgehead atoms. The molecule has 0 unspecified atom stereocenters. The van der Waals surface area contributed by atoms with E-state index in [2.05, 4.69) is 17.0 Å². The molecule has 5 nitrogen and oxygen atoms in total. The molecule has 2 heterocycles. The van der Waals surface area contributed by atoms with E-state index in [1.54, 1.807) is 23.1 Å². The first kappa shape index (κ1) is 18.3. The number of amides is 3. The van der Waals surface area contributed by atoms with Gasteiger partial charge in [0.05, 0.1) is 10.6 Å². The van der Waals surface area contributed by atoms with E-state index in [0.29, 0.717) is 23.7 Å². The Hall–Kier alpha value is -3.12. The summed E-state index contributed by atoms with van der Waals surface area (Å²) in [6, 6.07) is 22.6. The van der Waals surface area contributed by atoms with Crippen molar-refractivity contribution < 1.29 is 9.59 Å². The largest absolute Gasteiger partial charge is 0.368 e. The van der Waals surface area contributed by atoms with Crippen molar-refractivity contribution in [3.8, 4) is 0 Å². The number of nitrogens with zero attached hydrogens (tertiary/aromatic N) is 3. The number of hydrogen-bond acceptors (Lipinski definition) is 4. The second-order valence-electron chi connectivity index (χ2n) is 6.55. The molecule has 3 aromatic rings. The summed E-state index contributed by atoms with van der Waals surface area (Å²) < 4.78 is 0. The molecule has 3 amide bonds. The molecule has 1 saturated heterocycles. The lowest BCUT2D eigenvalue weighted by Crippen LogP contribution is -2.54. The van der Waals surface area contributed by atoms with E-state index in [4.69, 9.17) is 0 Å². The normalized spacial score (nSPS) is 14.0. The molecular formula is C22H21N3O2S. The van der Waals surface area contributed by atoms with Gasteiger partial charge in [-0.1, -0.05) is 42.5 Å².